The highest BCUT2D eigenvalue weighted by molar-refractivity contribution is 5.38. The number of hydrogen-bond acceptors (Lipinski definition) is 5. The summed E-state index contributed by atoms with van der Waals surface area (Å²) in [5.41, 5.74) is 0. The first-order valence-corrected chi connectivity index (χ1v) is 7.27. The van der Waals surface area contributed by atoms with Gasteiger partial charge in [0.15, 0.2) is 0 Å². The Kier molecular flexibility index (Phi) is 3.82. The van der Waals surface area contributed by atoms with Crippen LogP contribution in [0.2, 0.25) is 0 Å². The monoisotopic (exact) mass is 262 g/mol. The molecule has 1 saturated heterocycles. The Hall–Kier alpha value is -1.36. The molecule has 0 unspecified atom stereocenters. The van der Waals surface area contributed by atoms with Crippen LogP contribution < -0.4 is 10.1 Å². The predicted octanol–water partition coefficient (Wildman–Crippen LogP) is 1.87. The second kappa shape index (κ2) is 5.74. The molecular formula is C14H22N4O. The Labute approximate surface area is 114 Å². The molecule has 0 bridgehead atoms. The highest BCUT2D eigenvalue weighted by Crippen LogP contribution is 2.39. The van der Waals surface area contributed by atoms with E-state index in [4.69, 9.17) is 4.74 Å². The van der Waals surface area contributed by atoms with Gasteiger partial charge >= 0.3 is 0 Å². The number of aromatic nitrogens is 2. The summed E-state index contributed by atoms with van der Waals surface area (Å²) in [7, 11) is 1.88. The molecule has 5 heteroatoms. The van der Waals surface area contributed by atoms with Crippen molar-refractivity contribution in [3.63, 3.8) is 0 Å². The molecule has 3 rings (SSSR count). The molecule has 0 aromatic carbocycles. The SMILES string of the molecule is CNc1cc(OCCN2CCCC2)nc(C2CC2)n1. The van der Waals surface area contributed by atoms with Crippen molar-refractivity contribution >= 4 is 5.82 Å². The number of nitrogens with one attached hydrogen (secondary N) is 1. The van der Waals surface area contributed by atoms with Gasteiger partial charge in [0.25, 0.3) is 0 Å². The zero-order valence-electron chi connectivity index (χ0n) is 11.6. The van der Waals surface area contributed by atoms with Gasteiger partial charge in [-0.25, -0.2) is 4.98 Å². The lowest BCUT2D eigenvalue weighted by molar-refractivity contribution is 0.231. The number of hydrogen-bond donors (Lipinski definition) is 1. The van der Waals surface area contributed by atoms with Gasteiger partial charge in [0.05, 0.1) is 0 Å². The van der Waals surface area contributed by atoms with E-state index in [0.29, 0.717) is 18.4 Å². The van der Waals surface area contributed by atoms with E-state index in [9.17, 15) is 0 Å². The van der Waals surface area contributed by atoms with E-state index in [1.807, 2.05) is 13.1 Å². The van der Waals surface area contributed by atoms with Gasteiger partial charge in [0.2, 0.25) is 5.88 Å². The van der Waals surface area contributed by atoms with Crippen LogP contribution in [0.1, 0.15) is 37.4 Å². The van der Waals surface area contributed by atoms with Crippen LogP contribution in [0.3, 0.4) is 0 Å². The van der Waals surface area contributed by atoms with Crippen molar-refractivity contribution < 1.29 is 4.74 Å². The first-order chi connectivity index (χ1) is 9.35. The molecule has 0 spiro atoms. The molecule has 1 aromatic heterocycles. The van der Waals surface area contributed by atoms with E-state index in [2.05, 4.69) is 20.2 Å². The third-order valence-corrected chi connectivity index (χ3v) is 3.77. The number of likely N-dealkylation sites (tertiary alicyclic amines) is 1. The van der Waals surface area contributed by atoms with Gasteiger partial charge < -0.3 is 10.1 Å². The van der Waals surface area contributed by atoms with Gasteiger partial charge in [-0.05, 0) is 38.8 Å². The fraction of sp³-hybridized carbons (Fsp3) is 0.714. The summed E-state index contributed by atoms with van der Waals surface area (Å²) in [5.74, 6) is 3.05. The molecule has 19 heavy (non-hydrogen) atoms. The molecule has 0 radical (unpaired) electrons. The maximum absolute atomic E-state index is 5.80. The van der Waals surface area contributed by atoms with Crippen molar-refractivity contribution in [3.05, 3.63) is 11.9 Å². The van der Waals surface area contributed by atoms with Crippen LogP contribution >= 0.6 is 0 Å². The summed E-state index contributed by atoms with van der Waals surface area (Å²) in [6.07, 6.45) is 5.06. The summed E-state index contributed by atoms with van der Waals surface area (Å²) in [6, 6.07) is 1.88. The Balaban J connectivity index is 1.57. The van der Waals surface area contributed by atoms with Crippen LogP contribution in [0.25, 0.3) is 0 Å². The zero-order valence-corrected chi connectivity index (χ0v) is 11.6. The van der Waals surface area contributed by atoms with Crippen LogP contribution in [-0.4, -0.2) is 48.2 Å². The molecule has 2 heterocycles. The largest absolute Gasteiger partial charge is 0.476 e. The molecule has 1 N–H and O–H groups in total. The molecule has 2 fully saturated rings. The number of anilines is 1. The minimum atomic E-state index is 0.550. The molecule has 104 valence electrons. The molecule has 1 aliphatic heterocycles. The summed E-state index contributed by atoms with van der Waals surface area (Å²) in [5, 5.41) is 3.08. The van der Waals surface area contributed by atoms with Crippen molar-refractivity contribution in [3.8, 4) is 5.88 Å². The lowest BCUT2D eigenvalue weighted by Gasteiger charge is -2.15. The lowest BCUT2D eigenvalue weighted by Crippen LogP contribution is -2.25. The fourth-order valence-electron chi connectivity index (χ4n) is 2.45. The van der Waals surface area contributed by atoms with E-state index in [1.54, 1.807) is 0 Å². The highest BCUT2D eigenvalue weighted by atomic mass is 16.5. The second-order valence-corrected chi connectivity index (χ2v) is 5.37. The van der Waals surface area contributed by atoms with Gasteiger partial charge in [-0.15, -0.1) is 0 Å². The average Bonchev–Trinajstić information content (AvgIpc) is 3.17. The van der Waals surface area contributed by atoms with Crippen LogP contribution in [0.4, 0.5) is 5.82 Å². The summed E-state index contributed by atoms with van der Waals surface area (Å²) in [4.78, 5) is 11.4. The van der Waals surface area contributed by atoms with E-state index in [0.717, 1.165) is 18.2 Å². The highest BCUT2D eigenvalue weighted by Gasteiger charge is 2.27. The first kappa shape index (κ1) is 12.7. The Bertz CT molecular complexity index is 427. The standard InChI is InChI=1S/C14H22N4O/c1-15-12-10-13(17-14(16-12)11-4-5-11)19-9-8-18-6-2-3-7-18/h10-11H,2-9H2,1H3,(H,15,16,17). The van der Waals surface area contributed by atoms with E-state index < -0.39 is 0 Å². The normalized spacial score (nSPS) is 19.6. The zero-order chi connectivity index (χ0) is 13.1. The van der Waals surface area contributed by atoms with Crippen molar-refractivity contribution in [2.24, 2.45) is 0 Å². The van der Waals surface area contributed by atoms with Crippen molar-refractivity contribution in [1.82, 2.24) is 14.9 Å². The Morgan fingerprint density at radius 3 is 2.79 bits per heavy atom. The molecular weight excluding hydrogens is 240 g/mol. The molecule has 5 nitrogen and oxygen atoms in total. The lowest BCUT2D eigenvalue weighted by atomic mass is 10.4. The topological polar surface area (TPSA) is 50.3 Å². The third kappa shape index (κ3) is 3.35. The molecule has 2 aliphatic rings. The third-order valence-electron chi connectivity index (χ3n) is 3.77. The quantitative estimate of drug-likeness (QED) is 0.848. The minimum Gasteiger partial charge on any atom is -0.476 e. The molecule has 0 amide bonds. The Morgan fingerprint density at radius 2 is 2.11 bits per heavy atom. The van der Waals surface area contributed by atoms with Crippen molar-refractivity contribution in [1.29, 1.82) is 0 Å². The molecule has 1 saturated carbocycles. The van der Waals surface area contributed by atoms with Gasteiger partial charge in [-0.1, -0.05) is 0 Å². The molecule has 1 aliphatic carbocycles. The van der Waals surface area contributed by atoms with E-state index >= 15 is 0 Å². The van der Waals surface area contributed by atoms with E-state index in [-0.39, 0.29) is 0 Å². The number of nitrogens with zero attached hydrogens (tertiary/aromatic N) is 3. The fourth-order valence-corrected chi connectivity index (χ4v) is 2.45. The summed E-state index contributed by atoms with van der Waals surface area (Å²) < 4.78 is 5.80. The summed E-state index contributed by atoms with van der Waals surface area (Å²) in [6.45, 7) is 4.13. The maximum Gasteiger partial charge on any atom is 0.218 e. The average molecular weight is 262 g/mol. The molecule has 1 aromatic rings. The van der Waals surface area contributed by atoms with Crippen molar-refractivity contribution in [2.75, 3.05) is 38.6 Å². The minimum absolute atomic E-state index is 0.550. The number of rotatable bonds is 6. The maximum atomic E-state index is 5.80. The number of ether oxygens (including phenoxy) is 1. The van der Waals surface area contributed by atoms with Crippen molar-refractivity contribution in [2.45, 2.75) is 31.6 Å². The molecule has 0 atom stereocenters. The summed E-state index contributed by atoms with van der Waals surface area (Å²) >= 11 is 0. The van der Waals surface area contributed by atoms with Crippen LogP contribution in [0.15, 0.2) is 6.07 Å². The second-order valence-electron chi connectivity index (χ2n) is 5.37. The Morgan fingerprint density at radius 1 is 1.32 bits per heavy atom. The van der Waals surface area contributed by atoms with Crippen LogP contribution in [0.5, 0.6) is 5.88 Å². The van der Waals surface area contributed by atoms with Crippen LogP contribution in [-0.2, 0) is 0 Å². The van der Waals surface area contributed by atoms with Gasteiger partial charge in [0, 0.05) is 25.6 Å². The van der Waals surface area contributed by atoms with Gasteiger partial charge in [-0.2, -0.15) is 4.98 Å². The van der Waals surface area contributed by atoms with E-state index in [1.165, 1.54) is 38.8 Å². The predicted molar refractivity (Wildman–Crippen MR) is 74.7 cm³/mol. The van der Waals surface area contributed by atoms with Gasteiger partial charge in [-0.3, -0.25) is 4.90 Å². The smallest absolute Gasteiger partial charge is 0.218 e. The van der Waals surface area contributed by atoms with Gasteiger partial charge in [0.1, 0.15) is 18.2 Å². The first-order valence-electron chi connectivity index (χ1n) is 7.27. The van der Waals surface area contributed by atoms with Crippen LogP contribution in [0, 0.1) is 0 Å².